The second-order valence-electron chi connectivity index (χ2n) is 7.51. The minimum absolute atomic E-state index is 0.160. The molecule has 0 saturated carbocycles. The smallest absolute Gasteiger partial charge is 0.326 e. The van der Waals surface area contributed by atoms with Gasteiger partial charge in [-0.25, -0.2) is 0 Å². The van der Waals surface area contributed by atoms with E-state index >= 15 is 0 Å². The van der Waals surface area contributed by atoms with Crippen LogP contribution in [0.25, 0.3) is 11.1 Å². The van der Waals surface area contributed by atoms with E-state index in [1.165, 1.54) is 28.9 Å². The number of hydrogen-bond acceptors (Lipinski definition) is 5. The summed E-state index contributed by atoms with van der Waals surface area (Å²) in [4.78, 5) is 30.4. The summed E-state index contributed by atoms with van der Waals surface area (Å²) in [5.74, 6) is -0.544. The highest BCUT2D eigenvalue weighted by atomic mass is 35.5. The summed E-state index contributed by atoms with van der Waals surface area (Å²) in [5.41, 5.74) is 7.82. The first-order chi connectivity index (χ1) is 14.0. The maximum Gasteiger partial charge on any atom is 0.326 e. The fraction of sp³-hybridized carbons (Fsp3) is 0.0714. The average molecular weight is 413 g/mol. The first-order valence-electron chi connectivity index (χ1n) is 9.61. The zero-order valence-corrected chi connectivity index (χ0v) is 19.9. The Morgan fingerprint density at radius 2 is 1.50 bits per heavy atom. The number of hydrogen-bond donors (Lipinski definition) is 0. The third-order valence-corrected chi connectivity index (χ3v) is 6.27. The Balaban J connectivity index is 2.74. The highest BCUT2D eigenvalue weighted by Gasteiger charge is 2.26. The van der Waals surface area contributed by atoms with Gasteiger partial charge in [0.1, 0.15) is 51.5 Å². The molecule has 0 unspecified atom stereocenters. The van der Waals surface area contributed by atoms with E-state index in [-0.39, 0.29) is 12.2 Å². The molecule has 2 rings (SSSR count). The van der Waals surface area contributed by atoms with Gasteiger partial charge in [-0.2, -0.15) is 0 Å². The first kappa shape index (κ1) is 24.3. The Bertz CT molecular complexity index is 1020. The molecule has 2 aromatic rings. The number of carbonyl (C=O) groups excluding carboxylic acids is 2. The van der Waals surface area contributed by atoms with Crippen molar-refractivity contribution >= 4 is 128 Å². The van der Waals surface area contributed by atoms with Crippen LogP contribution in [0.5, 0.6) is 5.75 Å². The standard InChI is InChI=1S/C14H20B9ClN2O4/c15-5-3(6(16)10(24)9(19)8(5)18)4-7(17)12(30-23)11(25-13(4)20)14(28)26(21)1-2(27)29-22/h1,15-23H2. The number of aromatic nitrogens is 1. The highest BCUT2D eigenvalue weighted by Crippen LogP contribution is 2.20. The van der Waals surface area contributed by atoms with E-state index in [4.69, 9.17) is 16.3 Å². The van der Waals surface area contributed by atoms with Crippen molar-refractivity contribution in [2.45, 2.75) is 0 Å². The van der Waals surface area contributed by atoms with Gasteiger partial charge in [-0.15, -0.1) is 0 Å². The summed E-state index contributed by atoms with van der Waals surface area (Å²) < 4.78 is 10.2. The van der Waals surface area contributed by atoms with Crippen molar-refractivity contribution in [3.63, 3.8) is 0 Å². The van der Waals surface area contributed by atoms with Crippen LogP contribution in [0, 0.1) is 0 Å². The van der Waals surface area contributed by atoms with Gasteiger partial charge in [-0.3, -0.25) is 14.6 Å². The molecule has 0 aliphatic heterocycles. The van der Waals surface area contributed by atoms with Crippen LogP contribution in [0.4, 0.5) is 0 Å². The van der Waals surface area contributed by atoms with Crippen molar-refractivity contribution in [3.8, 4) is 16.9 Å². The third-order valence-electron chi connectivity index (χ3n) is 5.70. The summed E-state index contributed by atoms with van der Waals surface area (Å²) >= 11 is 6.62. The molecule has 0 aliphatic carbocycles. The third kappa shape index (κ3) is 4.22. The average Bonchev–Trinajstić information content (AvgIpc) is 2.71. The van der Waals surface area contributed by atoms with Gasteiger partial charge in [0.2, 0.25) is 7.98 Å². The molecule has 1 aromatic carbocycles. The van der Waals surface area contributed by atoms with E-state index in [1.807, 2.05) is 31.4 Å². The zero-order valence-electron chi connectivity index (χ0n) is 19.1. The molecule has 1 heterocycles. The van der Waals surface area contributed by atoms with E-state index in [2.05, 4.69) is 25.3 Å². The lowest BCUT2D eigenvalue weighted by Gasteiger charge is -2.25. The van der Waals surface area contributed by atoms with E-state index in [9.17, 15) is 9.59 Å². The fourth-order valence-corrected chi connectivity index (χ4v) is 4.03. The summed E-state index contributed by atoms with van der Waals surface area (Å²) in [7, 11) is 16.2. The van der Waals surface area contributed by atoms with Gasteiger partial charge in [0.25, 0.3) is 5.91 Å². The van der Waals surface area contributed by atoms with Crippen LogP contribution >= 0.6 is 11.6 Å². The summed E-state index contributed by atoms with van der Waals surface area (Å²) in [5, 5.41) is 0.726. The lowest BCUT2D eigenvalue weighted by atomic mass is 9.63. The van der Waals surface area contributed by atoms with Gasteiger partial charge >= 0.3 is 22.1 Å². The second kappa shape index (κ2) is 9.42. The van der Waals surface area contributed by atoms with Gasteiger partial charge in [-0.1, -0.05) is 33.5 Å². The summed E-state index contributed by atoms with van der Waals surface area (Å²) in [6.07, 6.45) is 0. The second-order valence-corrected chi connectivity index (χ2v) is 7.88. The lowest BCUT2D eigenvalue weighted by Crippen LogP contribution is -2.47. The van der Waals surface area contributed by atoms with E-state index in [0.29, 0.717) is 11.3 Å². The molecule has 0 fully saturated rings. The van der Waals surface area contributed by atoms with Crippen LogP contribution in [-0.2, 0) is 9.45 Å². The Morgan fingerprint density at radius 3 is 2.03 bits per heavy atom. The lowest BCUT2D eigenvalue weighted by molar-refractivity contribution is -0.133. The molecular formula is C14H20B9ClN2O4. The molecule has 6 nitrogen and oxygen atoms in total. The van der Waals surface area contributed by atoms with Crippen LogP contribution in [0.15, 0.2) is 0 Å². The van der Waals surface area contributed by atoms with E-state index in [0.717, 1.165) is 43.5 Å². The minimum Gasteiger partial charge on any atom is -0.567 e. The maximum atomic E-state index is 13.0. The molecule has 30 heavy (non-hydrogen) atoms. The number of carbonyl (C=O) groups is 2. The molecule has 144 valence electrons. The molecule has 0 radical (unpaired) electrons. The van der Waals surface area contributed by atoms with Crippen LogP contribution in [0.2, 0.25) is 5.02 Å². The van der Waals surface area contributed by atoms with Crippen molar-refractivity contribution < 1.29 is 18.9 Å². The molecule has 0 saturated heterocycles. The van der Waals surface area contributed by atoms with Crippen LogP contribution in [-0.4, -0.2) is 99.4 Å². The van der Waals surface area contributed by atoms with Gasteiger partial charge in [0.05, 0.1) is 0 Å². The van der Waals surface area contributed by atoms with Gasteiger partial charge in [-0.05, 0) is 16.6 Å². The molecule has 1 aromatic heterocycles. The van der Waals surface area contributed by atoms with Crippen molar-refractivity contribution in [2.75, 3.05) is 6.54 Å². The number of benzene rings is 1. The normalized spacial score (nSPS) is 10.4. The Hall–Kier alpha value is -2.02. The topological polar surface area (TPSA) is 68.7 Å². The van der Waals surface area contributed by atoms with Crippen LogP contribution in [0.3, 0.4) is 0 Å². The van der Waals surface area contributed by atoms with Gasteiger partial charge in [0.15, 0.2) is 13.5 Å². The van der Waals surface area contributed by atoms with Gasteiger partial charge in [0, 0.05) is 10.6 Å². The van der Waals surface area contributed by atoms with Crippen molar-refractivity contribution in [1.29, 1.82) is 0 Å². The monoisotopic (exact) mass is 414 g/mol. The molecule has 0 aliphatic rings. The number of pyridine rings is 1. The molecule has 0 bridgehead atoms. The molecular weight excluding hydrogens is 393 g/mol. The Kier molecular flexibility index (Phi) is 7.61. The largest absolute Gasteiger partial charge is 0.567 e. The highest BCUT2D eigenvalue weighted by molar-refractivity contribution is 6.66. The van der Waals surface area contributed by atoms with E-state index in [1.54, 1.807) is 0 Å². The Labute approximate surface area is 190 Å². The number of nitrogens with zero attached hydrogens (tertiary/aromatic N) is 2. The Morgan fingerprint density at radius 1 is 0.900 bits per heavy atom. The first-order valence-corrected chi connectivity index (χ1v) is 9.99. The number of rotatable bonds is 5. The van der Waals surface area contributed by atoms with Crippen molar-refractivity contribution in [2.24, 2.45) is 0 Å². The fourth-order valence-electron chi connectivity index (χ4n) is 3.79. The molecule has 16 heteroatoms. The summed E-state index contributed by atoms with van der Waals surface area (Å²) in [6, 6.07) is 0. The van der Waals surface area contributed by atoms with Crippen molar-refractivity contribution in [3.05, 3.63) is 10.7 Å². The molecule has 1 amide bonds. The zero-order chi connectivity index (χ0) is 22.9. The SMILES string of the molecule is BOC(=O)CN(B)C(=O)c1nc(B)c(-c2c(B)c(B)c(B)c(Cl)c2B)c(B)c1OB. The number of halogens is 1. The maximum absolute atomic E-state index is 13.0. The van der Waals surface area contributed by atoms with E-state index < -0.39 is 11.9 Å². The van der Waals surface area contributed by atoms with Gasteiger partial charge < -0.3 is 14.1 Å². The van der Waals surface area contributed by atoms with Crippen molar-refractivity contribution in [1.82, 2.24) is 9.79 Å². The summed E-state index contributed by atoms with van der Waals surface area (Å²) in [6.45, 7) is -0.176. The van der Waals surface area contributed by atoms with Crippen LogP contribution < -0.4 is 37.6 Å². The molecule has 0 atom stereocenters. The quantitative estimate of drug-likeness (QED) is 0.456. The van der Waals surface area contributed by atoms with Crippen LogP contribution in [0.1, 0.15) is 10.5 Å². The number of amides is 1. The predicted molar refractivity (Wildman–Crippen MR) is 147 cm³/mol. The molecule has 0 spiro atoms. The predicted octanol–water partition coefficient (Wildman–Crippen LogP) is -11.0. The molecule has 0 N–H and O–H groups in total. The minimum atomic E-state index is -0.508.